The molecule has 1 heterocycles. The Labute approximate surface area is 118 Å². The summed E-state index contributed by atoms with van der Waals surface area (Å²) in [6, 6.07) is 4.55. The molecule has 0 spiro atoms. The van der Waals surface area contributed by atoms with Gasteiger partial charge >= 0.3 is 0 Å². The molecule has 0 fully saturated rings. The van der Waals surface area contributed by atoms with Crippen molar-refractivity contribution in [3.05, 3.63) is 45.4 Å². The van der Waals surface area contributed by atoms with Crippen LogP contribution in [-0.2, 0) is 0 Å². The average Bonchev–Trinajstić information content (AvgIpc) is 2.36. The number of pyridine rings is 1. The lowest BCUT2D eigenvalue weighted by Crippen LogP contribution is -1.93. The smallest absolute Gasteiger partial charge is 0.221 e. The van der Waals surface area contributed by atoms with Crippen LogP contribution in [0.1, 0.15) is 0 Å². The summed E-state index contributed by atoms with van der Waals surface area (Å²) in [6.45, 7) is 0. The first-order valence-corrected chi connectivity index (χ1v) is 6.01. The number of hydrogen-bond donors (Lipinski definition) is 0. The highest BCUT2D eigenvalue weighted by atomic mass is 35.5. The standard InChI is InChI=1S/C12H7Cl3FNO/c1-18-6-4-7(12(16)17-5-6)10-8(13)2-3-9(14)11(10)15/h2-5H,1H3. The molecule has 0 bridgehead atoms. The molecular weight excluding hydrogens is 299 g/mol. The van der Waals surface area contributed by atoms with Gasteiger partial charge in [-0.05, 0) is 18.2 Å². The molecule has 0 unspecified atom stereocenters. The van der Waals surface area contributed by atoms with Gasteiger partial charge in [-0.1, -0.05) is 34.8 Å². The number of halogens is 4. The van der Waals surface area contributed by atoms with Crippen LogP contribution < -0.4 is 4.74 Å². The van der Waals surface area contributed by atoms with Crippen molar-refractivity contribution in [2.75, 3.05) is 7.11 Å². The summed E-state index contributed by atoms with van der Waals surface area (Å²) in [7, 11) is 1.46. The topological polar surface area (TPSA) is 22.1 Å². The minimum Gasteiger partial charge on any atom is -0.495 e. The van der Waals surface area contributed by atoms with E-state index in [1.807, 2.05) is 0 Å². The zero-order valence-electron chi connectivity index (χ0n) is 9.18. The molecule has 94 valence electrons. The van der Waals surface area contributed by atoms with E-state index in [0.29, 0.717) is 21.4 Å². The van der Waals surface area contributed by atoms with E-state index >= 15 is 0 Å². The summed E-state index contributed by atoms with van der Waals surface area (Å²) >= 11 is 18.0. The van der Waals surface area contributed by atoms with Crippen molar-refractivity contribution in [3.63, 3.8) is 0 Å². The second-order valence-electron chi connectivity index (χ2n) is 3.43. The average molecular weight is 307 g/mol. The highest BCUT2D eigenvalue weighted by Gasteiger charge is 2.17. The van der Waals surface area contributed by atoms with Gasteiger partial charge in [-0.2, -0.15) is 4.39 Å². The molecule has 0 saturated carbocycles. The number of benzene rings is 1. The number of ether oxygens (including phenoxy) is 1. The van der Waals surface area contributed by atoms with Crippen molar-refractivity contribution in [2.45, 2.75) is 0 Å². The Hall–Kier alpha value is -1.03. The summed E-state index contributed by atoms with van der Waals surface area (Å²) in [6.07, 6.45) is 1.27. The van der Waals surface area contributed by atoms with Crippen molar-refractivity contribution in [2.24, 2.45) is 0 Å². The molecular formula is C12H7Cl3FNO. The van der Waals surface area contributed by atoms with Gasteiger partial charge in [-0.3, -0.25) is 0 Å². The molecule has 18 heavy (non-hydrogen) atoms. The third kappa shape index (κ3) is 2.39. The largest absolute Gasteiger partial charge is 0.495 e. The van der Waals surface area contributed by atoms with Crippen LogP contribution in [0.3, 0.4) is 0 Å². The summed E-state index contributed by atoms with van der Waals surface area (Å²) < 4.78 is 18.7. The summed E-state index contributed by atoms with van der Waals surface area (Å²) in [5, 5.41) is 0.759. The van der Waals surface area contributed by atoms with Gasteiger partial charge in [0.25, 0.3) is 0 Å². The number of methoxy groups -OCH3 is 1. The lowest BCUT2D eigenvalue weighted by molar-refractivity contribution is 0.410. The van der Waals surface area contributed by atoms with E-state index in [2.05, 4.69) is 4.98 Å². The quantitative estimate of drug-likeness (QED) is 0.584. The molecule has 0 aliphatic heterocycles. The van der Waals surface area contributed by atoms with Gasteiger partial charge in [0, 0.05) is 11.1 Å². The first-order valence-electron chi connectivity index (χ1n) is 4.88. The van der Waals surface area contributed by atoms with E-state index in [9.17, 15) is 4.39 Å². The fourth-order valence-electron chi connectivity index (χ4n) is 1.49. The molecule has 0 aliphatic carbocycles. The van der Waals surface area contributed by atoms with E-state index in [1.54, 1.807) is 12.1 Å². The van der Waals surface area contributed by atoms with Crippen LogP contribution in [0.5, 0.6) is 5.75 Å². The van der Waals surface area contributed by atoms with Gasteiger partial charge in [0.2, 0.25) is 5.95 Å². The molecule has 2 aromatic rings. The Bertz CT molecular complexity index is 604. The fraction of sp³-hybridized carbons (Fsp3) is 0.0833. The highest BCUT2D eigenvalue weighted by Crippen LogP contribution is 2.40. The SMILES string of the molecule is COc1cnc(F)c(-c2c(Cl)ccc(Cl)c2Cl)c1. The van der Waals surface area contributed by atoms with Crippen molar-refractivity contribution in [3.8, 4) is 16.9 Å². The van der Waals surface area contributed by atoms with Gasteiger partial charge in [-0.15, -0.1) is 0 Å². The van der Waals surface area contributed by atoms with Crippen molar-refractivity contribution in [1.82, 2.24) is 4.98 Å². The van der Waals surface area contributed by atoms with E-state index < -0.39 is 5.95 Å². The Morgan fingerprint density at radius 3 is 2.50 bits per heavy atom. The molecule has 0 aliphatic rings. The molecule has 2 nitrogen and oxygen atoms in total. The Balaban J connectivity index is 2.72. The van der Waals surface area contributed by atoms with Crippen molar-refractivity contribution >= 4 is 34.8 Å². The summed E-state index contributed by atoms with van der Waals surface area (Å²) in [4.78, 5) is 3.59. The maximum atomic E-state index is 13.8. The van der Waals surface area contributed by atoms with E-state index in [4.69, 9.17) is 39.5 Å². The van der Waals surface area contributed by atoms with E-state index in [-0.39, 0.29) is 10.6 Å². The van der Waals surface area contributed by atoms with Crippen molar-refractivity contribution in [1.29, 1.82) is 0 Å². The summed E-state index contributed by atoms with van der Waals surface area (Å²) in [5.74, 6) is -0.291. The third-order valence-electron chi connectivity index (χ3n) is 2.36. The number of rotatable bonds is 2. The second-order valence-corrected chi connectivity index (χ2v) is 4.62. The summed E-state index contributed by atoms with van der Waals surface area (Å²) in [5.41, 5.74) is 0.446. The highest BCUT2D eigenvalue weighted by molar-refractivity contribution is 6.46. The first-order chi connectivity index (χ1) is 8.54. The first kappa shape index (κ1) is 13.4. The zero-order valence-corrected chi connectivity index (χ0v) is 11.4. The Kier molecular flexibility index (Phi) is 3.95. The molecule has 0 radical (unpaired) electrons. The van der Waals surface area contributed by atoms with Gasteiger partial charge in [0.15, 0.2) is 0 Å². The molecule has 0 amide bonds. The minimum atomic E-state index is -0.693. The van der Waals surface area contributed by atoms with Gasteiger partial charge < -0.3 is 4.74 Å². The molecule has 2 rings (SSSR count). The van der Waals surface area contributed by atoms with Crippen LogP contribution >= 0.6 is 34.8 Å². The van der Waals surface area contributed by atoms with E-state index in [1.165, 1.54) is 19.4 Å². The lowest BCUT2D eigenvalue weighted by atomic mass is 10.1. The maximum absolute atomic E-state index is 13.8. The second kappa shape index (κ2) is 5.31. The lowest BCUT2D eigenvalue weighted by Gasteiger charge is -2.10. The fourth-order valence-corrected chi connectivity index (χ4v) is 2.22. The van der Waals surface area contributed by atoms with Gasteiger partial charge in [-0.25, -0.2) is 4.98 Å². The van der Waals surface area contributed by atoms with Crippen molar-refractivity contribution < 1.29 is 9.13 Å². The molecule has 6 heteroatoms. The normalized spacial score (nSPS) is 10.5. The molecule has 1 aromatic carbocycles. The van der Waals surface area contributed by atoms with Crippen LogP contribution in [0, 0.1) is 5.95 Å². The van der Waals surface area contributed by atoms with Crippen LogP contribution in [0.2, 0.25) is 15.1 Å². The van der Waals surface area contributed by atoms with Crippen LogP contribution in [0.4, 0.5) is 4.39 Å². The number of aromatic nitrogens is 1. The predicted molar refractivity (Wildman–Crippen MR) is 71.2 cm³/mol. The Morgan fingerprint density at radius 2 is 1.83 bits per heavy atom. The zero-order chi connectivity index (χ0) is 13.3. The Morgan fingerprint density at radius 1 is 1.17 bits per heavy atom. The van der Waals surface area contributed by atoms with E-state index in [0.717, 1.165) is 0 Å². The minimum absolute atomic E-state index is 0.145. The molecule has 0 saturated heterocycles. The molecule has 0 N–H and O–H groups in total. The van der Waals surface area contributed by atoms with Crippen LogP contribution in [-0.4, -0.2) is 12.1 Å². The van der Waals surface area contributed by atoms with Gasteiger partial charge in [0.05, 0.1) is 28.4 Å². The van der Waals surface area contributed by atoms with Crippen LogP contribution in [0.15, 0.2) is 24.4 Å². The number of nitrogens with zero attached hydrogens (tertiary/aromatic N) is 1. The molecule has 0 atom stereocenters. The monoisotopic (exact) mass is 305 g/mol. The maximum Gasteiger partial charge on any atom is 0.221 e. The number of hydrogen-bond acceptors (Lipinski definition) is 2. The van der Waals surface area contributed by atoms with Crippen LogP contribution in [0.25, 0.3) is 11.1 Å². The predicted octanol–water partition coefficient (Wildman–Crippen LogP) is 4.86. The third-order valence-corrected chi connectivity index (χ3v) is 3.48. The molecule has 1 aromatic heterocycles. The van der Waals surface area contributed by atoms with Gasteiger partial charge in [0.1, 0.15) is 5.75 Å².